The molecule has 1 saturated heterocycles. The molecule has 3 N–H and O–H groups in total. The number of pyridine rings is 1. The van der Waals surface area contributed by atoms with Crippen molar-refractivity contribution in [2.24, 2.45) is 17.2 Å². The molecule has 4 heterocycles. The lowest BCUT2D eigenvalue weighted by atomic mass is 9.84. The Balaban J connectivity index is 0.00000166. The van der Waals surface area contributed by atoms with E-state index >= 15 is 0 Å². The Morgan fingerprint density at radius 3 is 2.66 bits per heavy atom. The molecule has 1 atom stereocenters. The number of methoxy groups -OCH3 is 1. The SMILES string of the molecule is COC(C)c1ncccc1-c1c(CC(C)(C)COC=O)c2cc(-c3csc(CCC(=O)CCCCNN)n3)ccc2n1CCCC1CCS(=O)CC1.N#CC=O. The molecule has 0 amide bonds. The van der Waals surface area contributed by atoms with Crippen molar-refractivity contribution in [2.45, 2.75) is 97.6 Å². The van der Waals surface area contributed by atoms with E-state index in [1.807, 2.05) is 19.2 Å². The number of nitrogens with zero attached hydrogens (tertiary/aromatic N) is 4. The van der Waals surface area contributed by atoms with Gasteiger partial charge in [-0.1, -0.05) is 19.9 Å². The lowest BCUT2D eigenvalue weighted by molar-refractivity contribution is -0.131. The van der Waals surface area contributed by atoms with Gasteiger partial charge in [0, 0.05) is 101 Å². The third kappa shape index (κ3) is 12.7. The molecule has 0 saturated carbocycles. The van der Waals surface area contributed by atoms with Crippen LogP contribution in [0.5, 0.6) is 0 Å². The average Bonchev–Trinajstić information content (AvgIpc) is 3.80. The first-order valence-corrected chi connectivity index (χ1v) is 21.7. The van der Waals surface area contributed by atoms with Crippen LogP contribution in [0, 0.1) is 22.7 Å². The third-order valence-electron chi connectivity index (χ3n) is 10.2. The second-order valence-electron chi connectivity index (χ2n) is 15.0. The molecule has 4 aromatic rings. The molecule has 0 bridgehead atoms. The van der Waals surface area contributed by atoms with E-state index in [0.717, 1.165) is 101 Å². The van der Waals surface area contributed by atoms with Gasteiger partial charge in [0.2, 0.25) is 6.29 Å². The molecule has 14 heteroatoms. The van der Waals surface area contributed by atoms with Gasteiger partial charge in [0.05, 0.1) is 34.8 Å². The number of thiazole rings is 1. The number of hydrogen-bond donors (Lipinski definition) is 2. The van der Waals surface area contributed by atoms with Gasteiger partial charge in [0.25, 0.3) is 6.47 Å². The van der Waals surface area contributed by atoms with Gasteiger partial charge in [-0.05, 0) is 87.6 Å². The highest BCUT2D eigenvalue weighted by molar-refractivity contribution is 7.85. The number of rotatable bonds is 21. The minimum atomic E-state index is -0.670. The average molecular weight is 805 g/mol. The molecule has 302 valence electrons. The van der Waals surface area contributed by atoms with Crippen molar-refractivity contribution in [3.63, 3.8) is 0 Å². The quantitative estimate of drug-likeness (QED) is 0.0290. The monoisotopic (exact) mass is 804 g/mol. The maximum Gasteiger partial charge on any atom is 0.293 e. The Morgan fingerprint density at radius 1 is 1.20 bits per heavy atom. The Bertz CT molecular complexity index is 1960. The van der Waals surface area contributed by atoms with Crippen LogP contribution >= 0.6 is 11.3 Å². The number of fused-ring (bicyclic) bond motifs is 1. The number of hydrogen-bond acceptors (Lipinski definition) is 12. The number of benzene rings is 1. The van der Waals surface area contributed by atoms with Gasteiger partial charge >= 0.3 is 0 Å². The molecule has 0 spiro atoms. The summed E-state index contributed by atoms with van der Waals surface area (Å²) in [6, 6.07) is 12.0. The van der Waals surface area contributed by atoms with Crippen molar-refractivity contribution in [1.29, 1.82) is 5.26 Å². The number of aldehydes is 1. The van der Waals surface area contributed by atoms with Gasteiger partial charge in [-0.2, -0.15) is 5.26 Å². The number of ketones is 1. The molecule has 3 aromatic heterocycles. The summed E-state index contributed by atoms with van der Waals surface area (Å²) in [4.78, 5) is 42.4. The fourth-order valence-electron chi connectivity index (χ4n) is 7.29. The van der Waals surface area contributed by atoms with Crippen LogP contribution in [0.25, 0.3) is 33.4 Å². The molecule has 1 fully saturated rings. The summed E-state index contributed by atoms with van der Waals surface area (Å²) in [6.07, 6.45) is 10.0. The van der Waals surface area contributed by atoms with Crippen LogP contribution in [0.2, 0.25) is 0 Å². The Hall–Kier alpha value is -4.13. The summed E-state index contributed by atoms with van der Waals surface area (Å²) in [5.41, 5.74) is 9.55. The molecule has 1 unspecified atom stereocenters. The fourth-order valence-corrected chi connectivity index (χ4v) is 9.50. The first-order chi connectivity index (χ1) is 27.0. The van der Waals surface area contributed by atoms with Gasteiger partial charge < -0.3 is 14.0 Å². The van der Waals surface area contributed by atoms with E-state index in [1.54, 1.807) is 18.4 Å². The number of unbranched alkanes of at least 4 members (excludes halogenated alkanes) is 1. The molecule has 1 aliphatic rings. The van der Waals surface area contributed by atoms with Gasteiger partial charge in [0.15, 0.2) is 0 Å². The number of carbonyl (C=O) groups excluding carboxylic acids is 3. The number of aryl methyl sites for hydroxylation is 2. The van der Waals surface area contributed by atoms with Crippen molar-refractivity contribution in [1.82, 2.24) is 20.0 Å². The molecule has 56 heavy (non-hydrogen) atoms. The normalized spacial score (nSPS) is 16.1. The number of Topliss-reactive ketones (excluding diaryl/α,β-unsaturated/α-hetero) is 1. The first kappa shape index (κ1) is 44.6. The first-order valence-electron chi connectivity index (χ1n) is 19.3. The summed E-state index contributed by atoms with van der Waals surface area (Å²) in [5, 5.41) is 11.4. The molecule has 1 aliphatic heterocycles. The van der Waals surface area contributed by atoms with E-state index in [1.165, 1.54) is 11.6 Å². The van der Waals surface area contributed by atoms with Crippen LogP contribution in [0.15, 0.2) is 41.9 Å². The second kappa shape index (κ2) is 22.6. The number of nitrogens with one attached hydrogen (secondary N) is 1. The lowest BCUT2D eigenvalue weighted by Gasteiger charge is -2.25. The van der Waals surface area contributed by atoms with Crippen molar-refractivity contribution in [3.05, 3.63) is 58.2 Å². The molecule has 1 aromatic carbocycles. The molecular formula is C42H56N6O6S2. The molecule has 0 radical (unpaired) electrons. The standard InChI is InChI=1S/C40H55N5O5S2.C2HNO/c1-28(49-4)38-32(11-7-18-42-38)39-34(24-40(2,3)26-50-27-46)33-23-30(35-25-51-37(44-35)15-13-31(47)10-5-6-19-43-41)12-14-36(33)45(39)20-8-9-29-16-21-52(48)22-17-29;3-1-2-4/h7,11-12,14,18,23,25,27-29,43H,5-6,8-10,13,15-17,19-22,24,26,41H2,1-4H3;2H. The summed E-state index contributed by atoms with van der Waals surface area (Å²) < 4.78 is 25.7. The highest BCUT2D eigenvalue weighted by Crippen LogP contribution is 2.42. The zero-order chi connectivity index (χ0) is 40.5. The fraction of sp³-hybridized carbons (Fsp3) is 0.524. The second-order valence-corrected chi connectivity index (χ2v) is 17.7. The molecule has 12 nitrogen and oxygen atoms in total. The van der Waals surface area contributed by atoms with Crippen LogP contribution in [-0.4, -0.2) is 69.1 Å². The van der Waals surface area contributed by atoms with E-state index < -0.39 is 10.8 Å². The lowest BCUT2D eigenvalue weighted by Crippen LogP contribution is -2.22. The maximum absolute atomic E-state index is 12.5. The predicted octanol–water partition coefficient (Wildman–Crippen LogP) is 7.06. The summed E-state index contributed by atoms with van der Waals surface area (Å²) in [5.74, 6) is 7.81. The van der Waals surface area contributed by atoms with Crippen LogP contribution in [0.4, 0.5) is 0 Å². The predicted molar refractivity (Wildman–Crippen MR) is 222 cm³/mol. The minimum absolute atomic E-state index is 0.181. The molecule has 0 aliphatic carbocycles. The van der Waals surface area contributed by atoms with E-state index in [9.17, 15) is 13.8 Å². The maximum atomic E-state index is 12.5. The van der Waals surface area contributed by atoms with Crippen LogP contribution < -0.4 is 11.3 Å². The number of nitrogens with two attached hydrogens (primary N) is 1. The number of nitriles is 1. The Kier molecular flexibility index (Phi) is 18.0. The highest BCUT2D eigenvalue weighted by Gasteiger charge is 2.29. The summed E-state index contributed by atoms with van der Waals surface area (Å²) >= 11 is 1.60. The van der Waals surface area contributed by atoms with Crippen LogP contribution in [0.1, 0.15) is 94.5 Å². The van der Waals surface area contributed by atoms with Crippen molar-refractivity contribution in [3.8, 4) is 28.6 Å². The number of ether oxygens (including phenoxy) is 2. The van der Waals surface area contributed by atoms with E-state index in [0.29, 0.717) is 44.6 Å². The minimum Gasteiger partial charge on any atom is -0.467 e. The van der Waals surface area contributed by atoms with Crippen LogP contribution in [-0.2, 0) is 54.0 Å². The summed E-state index contributed by atoms with van der Waals surface area (Å²) in [6.45, 7) is 8.64. The van der Waals surface area contributed by atoms with Gasteiger partial charge in [-0.15, -0.1) is 11.3 Å². The highest BCUT2D eigenvalue weighted by atomic mass is 32.2. The van der Waals surface area contributed by atoms with E-state index in [-0.39, 0.29) is 30.2 Å². The van der Waals surface area contributed by atoms with Crippen LogP contribution in [0.3, 0.4) is 0 Å². The Morgan fingerprint density at radius 2 is 1.96 bits per heavy atom. The van der Waals surface area contributed by atoms with Crippen molar-refractivity contribution in [2.75, 3.05) is 31.8 Å². The largest absolute Gasteiger partial charge is 0.467 e. The van der Waals surface area contributed by atoms with Gasteiger partial charge in [-0.25, -0.2) is 4.98 Å². The van der Waals surface area contributed by atoms with Gasteiger partial charge in [-0.3, -0.25) is 34.8 Å². The molecule has 5 rings (SSSR count). The number of carbonyl (C=O) groups is 3. The van der Waals surface area contributed by atoms with E-state index in [2.05, 4.69) is 53.5 Å². The van der Waals surface area contributed by atoms with Gasteiger partial charge in [0.1, 0.15) is 11.9 Å². The number of aromatic nitrogens is 3. The zero-order valence-corrected chi connectivity index (χ0v) is 34.7. The topological polar surface area (TPSA) is 179 Å². The number of hydrazine groups is 1. The van der Waals surface area contributed by atoms with Crippen molar-refractivity contribution >= 4 is 51.6 Å². The Labute approximate surface area is 337 Å². The van der Waals surface area contributed by atoms with E-state index in [4.69, 9.17) is 35.3 Å². The third-order valence-corrected chi connectivity index (χ3v) is 12.5. The van der Waals surface area contributed by atoms with Crippen molar-refractivity contribution < 1.29 is 28.1 Å². The smallest absolute Gasteiger partial charge is 0.293 e. The molecular weight excluding hydrogens is 749 g/mol. The zero-order valence-electron chi connectivity index (χ0n) is 33.1. The summed E-state index contributed by atoms with van der Waals surface area (Å²) in [7, 11) is 1.04.